The van der Waals surface area contributed by atoms with E-state index in [1.165, 1.54) is 0 Å². The number of nitrogens with one attached hydrogen (secondary N) is 1. The lowest BCUT2D eigenvalue weighted by Crippen LogP contribution is -2.36. The second-order valence-electron chi connectivity index (χ2n) is 6.87. The summed E-state index contributed by atoms with van der Waals surface area (Å²) in [6.07, 6.45) is 0.308. The molecule has 0 spiro atoms. The van der Waals surface area contributed by atoms with Crippen LogP contribution >= 0.6 is 0 Å². The lowest BCUT2D eigenvalue weighted by molar-refractivity contribution is 0.0620. The number of ketones is 1. The number of carbonyl (C=O) groups excluding carboxylic acids is 2. The van der Waals surface area contributed by atoms with Gasteiger partial charge in [-0.1, -0.05) is 12.1 Å². The highest BCUT2D eigenvalue weighted by Crippen LogP contribution is 2.33. The van der Waals surface area contributed by atoms with E-state index in [-0.39, 0.29) is 11.7 Å². The van der Waals surface area contributed by atoms with Crippen molar-refractivity contribution >= 4 is 17.4 Å². The van der Waals surface area contributed by atoms with Gasteiger partial charge in [-0.05, 0) is 63.1 Å². The second kappa shape index (κ2) is 5.78. The zero-order chi connectivity index (χ0) is 17.5. The van der Waals surface area contributed by atoms with Crippen molar-refractivity contribution in [2.24, 2.45) is 0 Å². The first kappa shape index (κ1) is 16.2. The number of hydrogen-bond acceptors (Lipinski definition) is 3. The molecule has 24 heavy (non-hydrogen) atoms. The molecule has 1 N–H and O–H groups in total. The molecule has 0 bridgehead atoms. The van der Waals surface area contributed by atoms with Gasteiger partial charge in [-0.25, -0.2) is 0 Å². The van der Waals surface area contributed by atoms with Crippen LogP contribution in [0.15, 0.2) is 36.4 Å². The normalized spacial score (nSPS) is 15.4. The Kier molecular flexibility index (Phi) is 3.91. The number of ether oxygens (including phenoxy) is 1. The van der Waals surface area contributed by atoms with Gasteiger partial charge in [0.05, 0.1) is 12.0 Å². The zero-order valence-electron chi connectivity index (χ0n) is 14.4. The van der Waals surface area contributed by atoms with E-state index in [1.807, 2.05) is 45.9 Å². The third-order valence-electron chi connectivity index (χ3n) is 4.37. The van der Waals surface area contributed by atoms with E-state index in [9.17, 15) is 9.59 Å². The molecule has 1 aliphatic heterocycles. The first-order chi connectivity index (χ1) is 11.3. The molecule has 0 saturated carbocycles. The first-order valence-electron chi connectivity index (χ1n) is 8.01. The number of carbonyl (C=O) groups is 2. The van der Waals surface area contributed by atoms with Gasteiger partial charge in [0, 0.05) is 11.3 Å². The molecule has 2 aromatic rings. The molecular weight excluding hydrogens is 302 g/mol. The van der Waals surface area contributed by atoms with Crippen molar-refractivity contribution in [2.75, 3.05) is 5.32 Å². The van der Waals surface area contributed by atoms with E-state index in [4.69, 9.17) is 4.74 Å². The molecule has 1 amide bonds. The predicted molar refractivity (Wildman–Crippen MR) is 94.0 cm³/mol. The average molecular weight is 323 g/mol. The van der Waals surface area contributed by atoms with Crippen LogP contribution in [0.3, 0.4) is 0 Å². The molecule has 2 aromatic carbocycles. The average Bonchev–Trinajstić information content (AvgIpc) is 2.50. The van der Waals surface area contributed by atoms with E-state index < -0.39 is 5.60 Å². The molecule has 0 aromatic heterocycles. The number of hydrogen-bond donors (Lipinski definition) is 1. The minimum atomic E-state index is -0.507. The SMILES string of the molecule is Cc1cccc(NC(=O)c2ccc3c(c2)C(=O)CC(C)(C)O3)c1C. The number of amides is 1. The van der Waals surface area contributed by atoms with Crippen molar-refractivity contribution in [1.29, 1.82) is 0 Å². The van der Waals surface area contributed by atoms with Gasteiger partial charge in [-0.3, -0.25) is 9.59 Å². The Morgan fingerprint density at radius 1 is 1.17 bits per heavy atom. The third kappa shape index (κ3) is 3.04. The molecule has 0 aliphatic carbocycles. The lowest BCUT2D eigenvalue weighted by Gasteiger charge is -2.31. The maximum absolute atomic E-state index is 12.5. The number of Topliss-reactive ketones (excluding diaryl/α,β-unsaturated/α-hetero) is 1. The van der Waals surface area contributed by atoms with Gasteiger partial charge in [0.15, 0.2) is 5.78 Å². The van der Waals surface area contributed by atoms with Crippen molar-refractivity contribution in [3.05, 3.63) is 58.7 Å². The van der Waals surface area contributed by atoms with E-state index in [1.54, 1.807) is 18.2 Å². The molecule has 4 heteroatoms. The minimum Gasteiger partial charge on any atom is -0.487 e. The van der Waals surface area contributed by atoms with E-state index >= 15 is 0 Å². The highest BCUT2D eigenvalue weighted by molar-refractivity contribution is 6.08. The summed E-state index contributed by atoms with van der Waals surface area (Å²) in [5.41, 5.74) is 3.34. The Balaban J connectivity index is 1.88. The van der Waals surface area contributed by atoms with Crippen LogP contribution in [0.2, 0.25) is 0 Å². The number of rotatable bonds is 2. The Morgan fingerprint density at radius 2 is 1.92 bits per heavy atom. The van der Waals surface area contributed by atoms with Crippen molar-refractivity contribution in [2.45, 2.75) is 39.7 Å². The van der Waals surface area contributed by atoms with Crippen LogP contribution in [0.1, 0.15) is 52.1 Å². The van der Waals surface area contributed by atoms with Crippen LogP contribution in [-0.2, 0) is 0 Å². The van der Waals surface area contributed by atoms with Crippen molar-refractivity contribution in [1.82, 2.24) is 0 Å². The summed E-state index contributed by atoms with van der Waals surface area (Å²) in [5, 5.41) is 2.91. The van der Waals surface area contributed by atoms with Gasteiger partial charge >= 0.3 is 0 Å². The third-order valence-corrected chi connectivity index (χ3v) is 4.37. The van der Waals surface area contributed by atoms with Gasteiger partial charge in [-0.2, -0.15) is 0 Å². The Bertz CT molecular complexity index is 837. The maximum atomic E-state index is 12.5. The molecule has 0 atom stereocenters. The monoisotopic (exact) mass is 323 g/mol. The summed E-state index contributed by atoms with van der Waals surface area (Å²) in [6.45, 7) is 7.74. The highest BCUT2D eigenvalue weighted by Gasteiger charge is 2.32. The Morgan fingerprint density at radius 3 is 2.67 bits per heavy atom. The van der Waals surface area contributed by atoms with Crippen LogP contribution in [0.5, 0.6) is 5.75 Å². The summed E-state index contributed by atoms with van der Waals surface area (Å²) in [7, 11) is 0. The standard InChI is InChI=1S/C20H21NO3/c1-12-6-5-7-16(13(12)2)21-19(23)14-8-9-18-15(10-14)17(22)11-20(3,4)24-18/h5-10H,11H2,1-4H3,(H,21,23). The fraction of sp³-hybridized carbons (Fsp3) is 0.300. The predicted octanol–water partition coefficient (Wildman–Crippen LogP) is 4.30. The second-order valence-corrected chi connectivity index (χ2v) is 6.87. The fourth-order valence-electron chi connectivity index (χ4n) is 2.87. The number of benzene rings is 2. The smallest absolute Gasteiger partial charge is 0.255 e. The molecule has 0 unspecified atom stereocenters. The quantitative estimate of drug-likeness (QED) is 0.896. The number of anilines is 1. The molecule has 0 saturated heterocycles. The van der Waals surface area contributed by atoms with Crippen molar-refractivity contribution in [3.63, 3.8) is 0 Å². The summed E-state index contributed by atoms with van der Waals surface area (Å²) < 4.78 is 5.83. The Hall–Kier alpha value is -2.62. The Labute approximate surface area is 141 Å². The molecular formula is C20H21NO3. The van der Waals surface area contributed by atoms with E-state index in [0.29, 0.717) is 23.3 Å². The summed E-state index contributed by atoms with van der Waals surface area (Å²) in [5.74, 6) is 0.311. The number of fused-ring (bicyclic) bond motifs is 1. The molecule has 1 aliphatic rings. The topological polar surface area (TPSA) is 55.4 Å². The summed E-state index contributed by atoms with van der Waals surface area (Å²) in [4.78, 5) is 24.9. The zero-order valence-corrected chi connectivity index (χ0v) is 14.4. The highest BCUT2D eigenvalue weighted by atomic mass is 16.5. The molecule has 0 fully saturated rings. The van der Waals surface area contributed by atoms with E-state index in [0.717, 1.165) is 16.8 Å². The van der Waals surface area contributed by atoms with Gasteiger partial charge < -0.3 is 10.1 Å². The van der Waals surface area contributed by atoms with Gasteiger partial charge in [-0.15, -0.1) is 0 Å². The van der Waals surface area contributed by atoms with Crippen LogP contribution in [0, 0.1) is 13.8 Å². The molecule has 124 valence electrons. The van der Waals surface area contributed by atoms with Gasteiger partial charge in [0.1, 0.15) is 11.4 Å². The summed E-state index contributed by atoms with van der Waals surface area (Å²) >= 11 is 0. The molecule has 3 rings (SSSR count). The van der Waals surface area contributed by atoms with Crippen molar-refractivity contribution in [3.8, 4) is 5.75 Å². The fourth-order valence-corrected chi connectivity index (χ4v) is 2.87. The molecule has 4 nitrogen and oxygen atoms in total. The van der Waals surface area contributed by atoms with Gasteiger partial charge in [0.25, 0.3) is 5.91 Å². The van der Waals surface area contributed by atoms with Crippen LogP contribution < -0.4 is 10.1 Å². The van der Waals surface area contributed by atoms with Crippen molar-refractivity contribution < 1.29 is 14.3 Å². The molecule has 0 radical (unpaired) electrons. The van der Waals surface area contributed by atoms with E-state index in [2.05, 4.69) is 5.32 Å². The minimum absolute atomic E-state index is 0.00244. The van der Waals surface area contributed by atoms with Crippen LogP contribution in [0.4, 0.5) is 5.69 Å². The largest absolute Gasteiger partial charge is 0.487 e. The lowest BCUT2D eigenvalue weighted by atomic mass is 9.92. The number of aryl methyl sites for hydroxylation is 1. The molecule has 1 heterocycles. The van der Waals surface area contributed by atoms with Crippen LogP contribution in [0.25, 0.3) is 0 Å². The summed E-state index contributed by atoms with van der Waals surface area (Å²) in [6, 6.07) is 10.8. The maximum Gasteiger partial charge on any atom is 0.255 e. The van der Waals surface area contributed by atoms with Crippen LogP contribution in [-0.4, -0.2) is 17.3 Å². The first-order valence-corrected chi connectivity index (χ1v) is 8.01. The van der Waals surface area contributed by atoms with Gasteiger partial charge in [0.2, 0.25) is 0 Å².